The summed E-state index contributed by atoms with van der Waals surface area (Å²) < 4.78 is 2.26. The van der Waals surface area contributed by atoms with Crippen molar-refractivity contribution in [1.29, 1.82) is 0 Å². The molecule has 0 aliphatic carbocycles. The van der Waals surface area contributed by atoms with Gasteiger partial charge in [-0.25, -0.2) is 24.9 Å². The maximum absolute atomic E-state index is 5.45. The van der Waals surface area contributed by atoms with Crippen LogP contribution in [0.5, 0.6) is 0 Å². The molecular formula is C52H30N6S. The van der Waals surface area contributed by atoms with Crippen molar-refractivity contribution in [3.05, 3.63) is 182 Å². The minimum Gasteiger partial charge on any atom is -0.264 e. The predicted octanol–water partition coefficient (Wildman–Crippen LogP) is 13.4. The van der Waals surface area contributed by atoms with Crippen LogP contribution in [0, 0.1) is 0 Å². The second-order valence-corrected chi connectivity index (χ2v) is 15.7. The van der Waals surface area contributed by atoms with E-state index in [0.717, 1.165) is 86.8 Å². The van der Waals surface area contributed by atoms with Gasteiger partial charge < -0.3 is 0 Å². The van der Waals surface area contributed by atoms with Crippen LogP contribution in [0.25, 0.3) is 120 Å². The summed E-state index contributed by atoms with van der Waals surface area (Å²) in [4.78, 5) is 31.2. The molecule has 12 rings (SSSR count). The van der Waals surface area contributed by atoms with Gasteiger partial charge in [0.15, 0.2) is 23.3 Å². The Morgan fingerprint density at radius 2 is 0.915 bits per heavy atom. The van der Waals surface area contributed by atoms with Crippen molar-refractivity contribution < 1.29 is 0 Å². The van der Waals surface area contributed by atoms with Crippen LogP contribution in [0.3, 0.4) is 0 Å². The number of nitrogens with zero attached hydrogens (tertiary/aromatic N) is 6. The molecule has 0 bridgehead atoms. The Bertz CT molecular complexity index is 3560. The molecule has 4 aromatic heterocycles. The smallest absolute Gasteiger partial charge is 0.165 e. The Labute approximate surface area is 342 Å². The van der Waals surface area contributed by atoms with Crippen molar-refractivity contribution in [2.75, 3.05) is 0 Å². The summed E-state index contributed by atoms with van der Waals surface area (Å²) in [5.74, 6) is 2.40. The first-order chi connectivity index (χ1) is 29.3. The van der Waals surface area contributed by atoms with Crippen molar-refractivity contribution in [3.63, 3.8) is 0 Å². The van der Waals surface area contributed by atoms with E-state index in [-0.39, 0.29) is 0 Å². The zero-order chi connectivity index (χ0) is 38.9. The maximum atomic E-state index is 5.45. The highest BCUT2D eigenvalue weighted by atomic mass is 32.1. The van der Waals surface area contributed by atoms with E-state index in [1.54, 1.807) is 17.5 Å². The van der Waals surface area contributed by atoms with Crippen LogP contribution in [-0.2, 0) is 0 Å². The second kappa shape index (κ2) is 13.4. The van der Waals surface area contributed by atoms with Crippen LogP contribution in [0.15, 0.2) is 182 Å². The van der Waals surface area contributed by atoms with Crippen LogP contribution in [0.1, 0.15) is 0 Å². The molecule has 0 atom stereocenters. The molecular weight excluding hydrogens is 741 g/mol. The Morgan fingerprint density at radius 3 is 1.61 bits per heavy atom. The molecule has 4 heterocycles. The predicted molar refractivity (Wildman–Crippen MR) is 243 cm³/mol. The van der Waals surface area contributed by atoms with Crippen molar-refractivity contribution in [3.8, 4) is 56.8 Å². The summed E-state index contributed by atoms with van der Waals surface area (Å²) >= 11 is 1.74. The van der Waals surface area contributed by atoms with Crippen molar-refractivity contribution in [2.45, 2.75) is 0 Å². The van der Waals surface area contributed by atoms with Crippen LogP contribution in [0.2, 0.25) is 0 Å². The third-order valence-corrected chi connectivity index (χ3v) is 12.4. The summed E-state index contributed by atoms with van der Waals surface area (Å²) in [5, 5.41) is 9.69. The third kappa shape index (κ3) is 5.40. The van der Waals surface area contributed by atoms with Gasteiger partial charge in [-0.15, -0.1) is 11.3 Å². The number of fused-ring (bicyclic) bond motifs is 8. The summed E-state index contributed by atoms with van der Waals surface area (Å²) in [6.07, 6.45) is 3.58. The van der Waals surface area contributed by atoms with E-state index in [2.05, 4.69) is 157 Å². The summed E-state index contributed by atoms with van der Waals surface area (Å²) in [7, 11) is 0. The van der Waals surface area contributed by atoms with E-state index in [4.69, 9.17) is 24.9 Å². The topological polar surface area (TPSA) is 77.3 Å². The third-order valence-electron chi connectivity index (χ3n) is 11.2. The highest BCUT2D eigenvalue weighted by molar-refractivity contribution is 7.26. The highest BCUT2D eigenvalue weighted by Crippen LogP contribution is 2.45. The largest absolute Gasteiger partial charge is 0.264 e. The molecule has 0 unspecified atom stereocenters. The van der Waals surface area contributed by atoms with Gasteiger partial charge in [0.2, 0.25) is 0 Å². The lowest BCUT2D eigenvalue weighted by Gasteiger charge is -2.17. The molecule has 12 aromatic rings. The summed E-state index contributed by atoms with van der Waals surface area (Å²) in [6.45, 7) is 0. The first-order valence-electron chi connectivity index (χ1n) is 19.5. The molecule has 8 aromatic carbocycles. The van der Waals surface area contributed by atoms with Gasteiger partial charge >= 0.3 is 0 Å². The first-order valence-corrected chi connectivity index (χ1v) is 20.3. The average Bonchev–Trinajstić information content (AvgIpc) is 3.69. The van der Waals surface area contributed by atoms with Gasteiger partial charge in [-0.2, -0.15) is 0 Å². The lowest BCUT2D eigenvalue weighted by atomic mass is 9.90. The van der Waals surface area contributed by atoms with Crippen molar-refractivity contribution >= 4 is 74.7 Å². The van der Waals surface area contributed by atoms with Crippen molar-refractivity contribution in [1.82, 2.24) is 29.9 Å². The fourth-order valence-corrected chi connectivity index (χ4v) is 9.73. The zero-order valence-electron chi connectivity index (χ0n) is 31.4. The van der Waals surface area contributed by atoms with Gasteiger partial charge in [0, 0.05) is 50.3 Å². The second-order valence-electron chi connectivity index (χ2n) is 14.6. The van der Waals surface area contributed by atoms with E-state index < -0.39 is 0 Å². The minimum absolute atomic E-state index is 0.554. The van der Waals surface area contributed by atoms with Crippen LogP contribution < -0.4 is 0 Å². The normalized spacial score (nSPS) is 11.7. The number of hydrogen-bond donors (Lipinski definition) is 0. The van der Waals surface area contributed by atoms with Crippen molar-refractivity contribution in [2.24, 2.45) is 0 Å². The van der Waals surface area contributed by atoms with Gasteiger partial charge in [-0.1, -0.05) is 146 Å². The van der Waals surface area contributed by atoms with Gasteiger partial charge in [0.1, 0.15) is 0 Å². The molecule has 274 valence electrons. The Morgan fingerprint density at radius 1 is 0.373 bits per heavy atom. The first kappa shape index (κ1) is 33.4. The van der Waals surface area contributed by atoms with Gasteiger partial charge in [-0.3, -0.25) is 4.98 Å². The lowest BCUT2D eigenvalue weighted by molar-refractivity contribution is 1.08. The summed E-state index contributed by atoms with van der Waals surface area (Å²) in [6, 6.07) is 59.0. The Balaban J connectivity index is 1.17. The number of benzene rings is 8. The molecule has 59 heavy (non-hydrogen) atoms. The van der Waals surface area contributed by atoms with Gasteiger partial charge in [-0.05, 0) is 67.4 Å². The number of rotatable bonds is 5. The average molecular weight is 771 g/mol. The molecule has 0 spiro atoms. The SMILES string of the molecule is c1ccc(-c2nc(-c3c4ccccc4c(-c4nc(-c5cccnc5)nc(-c5cc6ccccc6c6ccccc56)n4)c4ccccc34)nc3c2sc2ccccc23)cc1. The molecule has 0 aliphatic heterocycles. The molecule has 6 nitrogen and oxygen atoms in total. The highest BCUT2D eigenvalue weighted by Gasteiger charge is 2.24. The monoisotopic (exact) mass is 770 g/mol. The standard InChI is InChI=1S/C52H30N6S/c1-2-15-31(16-3-1)46-48-47(41-26-12-13-27-43(41)59-48)55-51(54-46)44-37-22-8-10-24-39(37)45(40-25-11-9-23-38(40)44)52-57-49(33-18-14-28-53-30-33)56-50(58-52)42-29-32-17-4-5-19-34(32)35-20-6-7-21-36(35)42/h1-30H. The van der Waals surface area contributed by atoms with Crippen LogP contribution >= 0.6 is 11.3 Å². The van der Waals surface area contributed by atoms with E-state index >= 15 is 0 Å². The molecule has 0 N–H and O–H groups in total. The lowest BCUT2D eigenvalue weighted by Crippen LogP contribution is -2.03. The van der Waals surface area contributed by atoms with Gasteiger partial charge in [0.25, 0.3) is 0 Å². The maximum Gasteiger partial charge on any atom is 0.165 e. The van der Waals surface area contributed by atoms with Crippen LogP contribution in [-0.4, -0.2) is 29.9 Å². The molecule has 0 aliphatic rings. The minimum atomic E-state index is 0.554. The van der Waals surface area contributed by atoms with E-state index in [1.165, 1.54) is 10.1 Å². The fourth-order valence-electron chi connectivity index (χ4n) is 8.58. The molecule has 0 fully saturated rings. The Kier molecular flexibility index (Phi) is 7.61. The summed E-state index contributed by atoms with van der Waals surface area (Å²) in [5.41, 5.74) is 6.58. The molecule has 7 heteroatoms. The quantitative estimate of drug-likeness (QED) is 0.128. The molecule has 0 saturated carbocycles. The fraction of sp³-hybridized carbons (Fsp3) is 0. The number of pyridine rings is 1. The molecule has 0 amide bonds. The number of aromatic nitrogens is 6. The van der Waals surface area contributed by atoms with Crippen LogP contribution in [0.4, 0.5) is 0 Å². The van der Waals surface area contributed by atoms with E-state index in [9.17, 15) is 0 Å². The number of hydrogen-bond acceptors (Lipinski definition) is 7. The van der Waals surface area contributed by atoms with E-state index in [1.807, 2.05) is 24.4 Å². The Hall–Kier alpha value is -7.74. The van der Waals surface area contributed by atoms with Gasteiger partial charge in [0.05, 0.1) is 15.9 Å². The van der Waals surface area contributed by atoms with E-state index in [0.29, 0.717) is 23.3 Å². The zero-order valence-corrected chi connectivity index (χ0v) is 32.2. The molecule has 0 radical (unpaired) electrons. The number of thiophene rings is 1. The molecule has 0 saturated heterocycles.